The number of rotatable bonds is 8. The van der Waals surface area contributed by atoms with Gasteiger partial charge in [-0.3, -0.25) is 9.59 Å². The van der Waals surface area contributed by atoms with E-state index in [0.29, 0.717) is 19.0 Å². The number of aryl methyl sites for hydroxylation is 1. The smallest absolute Gasteiger partial charge is 0.303 e. The second-order valence-corrected chi connectivity index (χ2v) is 5.34. The van der Waals surface area contributed by atoms with Crippen molar-refractivity contribution in [2.75, 3.05) is 11.9 Å². The van der Waals surface area contributed by atoms with Crippen LogP contribution in [-0.4, -0.2) is 27.2 Å². The van der Waals surface area contributed by atoms with Gasteiger partial charge in [0.25, 0.3) is 5.56 Å². The molecule has 112 valence electrons. The van der Waals surface area contributed by atoms with E-state index >= 15 is 0 Å². The van der Waals surface area contributed by atoms with Gasteiger partial charge >= 0.3 is 5.97 Å². The second-order valence-electron chi connectivity index (χ2n) is 5.34. The summed E-state index contributed by atoms with van der Waals surface area (Å²) in [5.74, 6) is -0.126. The van der Waals surface area contributed by atoms with Gasteiger partial charge in [0.15, 0.2) is 5.82 Å². The zero-order chi connectivity index (χ0) is 15.1. The number of anilines is 1. The van der Waals surface area contributed by atoms with Crippen LogP contribution in [0, 0.1) is 11.8 Å². The van der Waals surface area contributed by atoms with Gasteiger partial charge in [-0.15, -0.1) is 0 Å². The van der Waals surface area contributed by atoms with Crippen LogP contribution in [0.2, 0.25) is 0 Å². The van der Waals surface area contributed by atoms with Crippen molar-refractivity contribution in [3.63, 3.8) is 0 Å². The van der Waals surface area contributed by atoms with Gasteiger partial charge in [0.1, 0.15) is 0 Å². The Labute approximate surface area is 118 Å². The Morgan fingerprint density at radius 3 is 2.75 bits per heavy atom. The SMILES string of the molecule is CCn1ccnc(NCC(CC(=O)O)CC(C)C)c1=O. The summed E-state index contributed by atoms with van der Waals surface area (Å²) in [7, 11) is 0. The highest BCUT2D eigenvalue weighted by atomic mass is 16.4. The van der Waals surface area contributed by atoms with E-state index in [1.165, 1.54) is 0 Å². The lowest BCUT2D eigenvalue weighted by molar-refractivity contribution is -0.138. The van der Waals surface area contributed by atoms with Crippen molar-refractivity contribution >= 4 is 11.8 Å². The number of aliphatic carboxylic acids is 1. The third kappa shape index (κ3) is 5.03. The van der Waals surface area contributed by atoms with E-state index < -0.39 is 5.97 Å². The zero-order valence-corrected chi connectivity index (χ0v) is 12.3. The van der Waals surface area contributed by atoms with Crippen molar-refractivity contribution in [1.82, 2.24) is 9.55 Å². The van der Waals surface area contributed by atoms with E-state index in [9.17, 15) is 9.59 Å². The van der Waals surface area contributed by atoms with Crippen LogP contribution >= 0.6 is 0 Å². The molecule has 0 fully saturated rings. The van der Waals surface area contributed by atoms with Gasteiger partial charge in [0.05, 0.1) is 0 Å². The quantitative estimate of drug-likeness (QED) is 0.759. The molecule has 1 atom stereocenters. The molecule has 0 radical (unpaired) electrons. The molecular weight excluding hydrogens is 258 g/mol. The summed E-state index contributed by atoms with van der Waals surface area (Å²) >= 11 is 0. The minimum absolute atomic E-state index is 0.0102. The highest BCUT2D eigenvalue weighted by Crippen LogP contribution is 2.15. The number of nitrogens with zero attached hydrogens (tertiary/aromatic N) is 2. The standard InChI is InChI=1S/C14H23N3O3/c1-4-17-6-5-15-13(14(17)20)16-9-11(7-10(2)3)8-12(18)19/h5-6,10-11H,4,7-9H2,1-3H3,(H,15,16)(H,18,19). The first-order chi connectivity index (χ1) is 9.43. The Bertz CT molecular complexity index is 497. The van der Waals surface area contributed by atoms with Crippen molar-refractivity contribution < 1.29 is 9.90 Å². The molecule has 6 heteroatoms. The summed E-state index contributed by atoms with van der Waals surface area (Å²) < 4.78 is 1.56. The predicted octanol–water partition coefficient (Wildman–Crippen LogP) is 1.81. The van der Waals surface area contributed by atoms with E-state index in [2.05, 4.69) is 24.1 Å². The molecule has 0 spiro atoms. The monoisotopic (exact) mass is 281 g/mol. The fourth-order valence-corrected chi connectivity index (χ4v) is 2.21. The van der Waals surface area contributed by atoms with Gasteiger partial charge in [-0.25, -0.2) is 4.98 Å². The largest absolute Gasteiger partial charge is 0.481 e. The van der Waals surface area contributed by atoms with Gasteiger partial charge in [0, 0.05) is 31.9 Å². The van der Waals surface area contributed by atoms with Crippen LogP contribution in [0.4, 0.5) is 5.82 Å². The van der Waals surface area contributed by atoms with Gasteiger partial charge in [0.2, 0.25) is 0 Å². The van der Waals surface area contributed by atoms with E-state index in [-0.39, 0.29) is 23.7 Å². The molecule has 6 nitrogen and oxygen atoms in total. The molecule has 1 aromatic rings. The van der Waals surface area contributed by atoms with E-state index in [4.69, 9.17) is 5.11 Å². The lowest BCUT2D eigenvalue weighted by atomic mass is 9.94. The van der Waals surface area contributed by atoms with Crippen LogP contribution in [0.5, 0.6) is 0 Å². The van der Waals surface area contributed by atoms with E-state index in [0.717, 1.165) is 6.42 Å². The number of carboxylic acid groups (broad SMARTS) is 1. The molecule has 1 rings (SSSR count). The molecule has 0 saturated carbocycles. The molecule has 1 aromatic heterocycles. The Hall–Kier alpha value is -1.85. The Morgan fingerprint density at radius 2 is 2.20 bits per heavy atom. The van der Waals surface area contributed by atoms with Crippen molar-refractivity contribution in [3.8, 4) is 0 Å². The molecule has 0 aromatic carbocycles. The van der Waals surface area contributed by atoms with Gasteiger partial charge < -0.3 is 15.0 Å². The van der Waals surface area contributed by atoms with Crippen molar-refractivity contribution in [3.05, 3.63) is 22.7 Å². The highest BCUT2D eigenvalue weighted by molar-refractivity contribution is 5.67. The first-order valence-electron chi connectivity index (χ1n) is 6.95. The molecule has 0 aliphatic heterocycles. The predicted molar refractivity (Wildman–Crippen MR) is 77.9 cm³/mol. The number of hydrogen-bond acceptors (Lipinski definition) is 4. The summed E-state index contributed by atoms with van der Waals surface area (Å²) in [6, 6.07) is 0. The summed E-state index contributed by atoms with van der Waals surface area (Å²) in [5.41, 5.74) is -0.173. The summed E-state index contributed by atoms with van der Waals surface area (Å²) in [6.45, 7) is 7.03. The number of nitrogens with one attached hydrogen (secondary N) is 1. The van der Waals surface area contributed by atoms with Gasteiger partial charge in [-0.1, -0.05) is 13.8 Å². The number of aromatic nitrogens is 2. The normalized spacial score (nSPS) is 12.4. The Balaban J connectivity index is 2.71. The van der Waals surface area contributed by atoms with E-state index in [1.807, 2.05) is 6.92 Å². The zero-order valence-electron chi connectivity index (χ0n) is 12.3. The minimum atomic E-state index is -0.815. The molecule has 0 amide bonds. The summed E-state index contributed by atoms with van der Waals surface area (Å²) in [6.07, 6.45) is 4.10. The lowest BCUT2D eigenvalue weighted by Gasteiger charge is -2.18. The van der Waals surface area contributed by atoms with Crippen LogP contribution in [0.15, 0.2) is 17.2 Å². The molecule has 1 heterocycles. The molecular formula is C14H23N3O3. The minimum Gasteiger partial charge on any atom is -0.481 e. The molecule has 0 aliphatic carbocycles. The number of carbonyl (C=O) groups is 1. The average molecular weight is 281 g/mol. The molecule has 0 saturated heterocycles. The second kappa shape index (κ2) is 7.67. The van der Waals surface area contributed by atoms with Crippen molar-refractivity contribution in [2.45, 2.75) is 40.2 Å². The van der Waals surface area contributed by atoms with E-state index in [1.54, 1.807) is 17.0 Å². The van der Waals surface area contributed by atoms with Crippen molar-refractivity contribution in [2.24, 2.45) is 11.8 Å². The first-order valence-corrected chi connectivity index (χ1v) is 6.95. The maximum atomic E-state index is 12.0. The molecule has 0 aliphatic rings. The maximum absolute atomic E-state index is 12.0. The van der Waals surface area contributed by atoms with Crippen LogP contribution in [0.25, 0.3) is 0 Å². The molecule has 0 bridgehead atoms. The fraction of sp³-hybridized carbons (Fsp3) is 0.643. The third-order valence-corrected chi connectivity index (χ3v) is 3.08. The first kappa shape index (κ1) is 16.2. The van der Waals surface area contributed by atoms with Gasteiger partial charge in [-0.2, -0.15) is 0 Å². The van der Waals surface area contributed by atoms with Gasteiger partial charge in [-0.05, 0) is 25.2 Å². The molecule has 1 unspecified atom stereocenters. The molecule has 20 heavy (non-hydrogen) atoms. The third-order valence-electron chi connectivity index (χ3n) is 3.08. The molecule has 2 N–H and O–H groups in total. The lowest BCUT2D eigenvalue weighted by Crippen LogP contribution is -2.27. The topological polar surface area (TPSA) is 84.2 Å². The Morgan fingerprint density at radius 1 is 1.50 bits per heavy atom. The highest BCUT2D eigenvalue weighted by Gasteiger charge is 2.16. The maximum Gasteiger partial charge on any atom is 0.303 e. The number of hydrogen-bond donors (Lipinski definition) is 2. The Kier molecular flexibility index (Phi) is 6.21. The summed E-state index contributed by atoms with van der Waals surface area (Å²) in [5, 5.41) is 11.9. The van der Waals surface area contributed by atoms with Crippen LogP contribution < -0.4 is 10.9 Å². The average Bonchev–Trinajstić information content (AvgIpc) is 2.36. The van der Waals surface area contributed by atoms with Crippen LogP contribution in [0.3, 0.4) is 0 Å². The van der Waals surface area contributed by atoms with Crippen LogP contribution in [0.1, 0.15) is 33.6 Å². The van der Waals surface area contributed by atoms with Crippen LogP contribution in [-0.2, 0) is 11.3 Å². The fourth-order valence-electron chi connectivity index (χ4n) is 2.21. The summed E-state index contributed by atoms with van der Waals surface area (Å²) in [4.78, 5) is 26.9. The number of carboxylic acids is 1. The van der Waals surface area contributed by atoms with Crippen molar-refractivity contribution in [1.29, 1.82) is 0 Å².